The van der Waals surface area contributed by atoms with E-state index in [0.29, 0.717) is 29.7 Å². The Morgan fingerprint density at radius 1 is 1.00 bits per heavy atom. The SMILES string of the molecule is COCC(=O)N[C@H](Cc1ccc(-c2cc(Cl)cc(Cl)c2)cc1)[C@@H](OCc1ccccc1)[C@@H]1COC(C)(C)O1. The molecule has 0 radical (unpaired) electrons. The molecule has 4 rings (SSSR count). The molecule has 0 aromatic heterocycles. The summed E-state index contributed by atoms with van der Waals surface area (Å²) >= 11 is 12.4. The van der Waals surface area contributed by atoms with Crippen molar-refractivity contribution >= 4 is 29.1 Å². The van der Waals surface area contributed by atoms with Gasteiger partial charge in [0.25, 0.3) is 0 Å². The van der Waals surface area contributed by atoms with Gasteiger partial charge in [-0.05, 0) is 60.7 Å². The maximum atomic E-state index is 12.7. The maximum Gasteiger partial charge on any atom is 0.246 e. The predicted octanol–water partition coefficient (Wildman–Crippen LogP) is 6.07. The van der Waals surface area contributed by atoms with Crippen LogP contribution in [0.1, 0.15) is 25.0 Å². The molecule has 0 saturated carbocycles. The van der Waals surface area contributed by atoms with Crippen molar-refractivity contribution in [2.45, 2.75) is 50.9 Å². The van der Waals surface area contributed by atoms with Gasteiger partial charge in [-0.1, -0.05) is 77.8 Å². The van der Waals surface area contributed by atoms with Crippen LogP contribution < -0.4 is 5.32 Å². The average Bonchev–Trinajstić information content (AvgIpc) is 3.24. The normalized spacial score (nSPS) is 18.2. The summed E-state index contributed by atoms with van der Waals surface area (Å²) in [6.45, 7) is 4.43. The number of carbonyl (C=O) groups excluding carboxylic acids is 1. The Morgan fingerprint density at radius 3 is 2.29 bits per heavy atom. The number of hydrogen-bond acceptors (Lipinski definition) is 5. The number of nitrogens with one attached hydrogen (secondary N) is 1. The Hall–Kier alpha value is -2.45. The van der Waals surface area contributed by atoms with Crippen LogP contribution in [0.2, 0.25) is 10.0 Å². The molecule has 38 heavy (non-hydrogen) atoms. The molecule has 1 aliphatic rings. The van der Waals surface area contributed by atoms with Crippen molar-refractivity contribution < 1.29 is 23.7 Å². The van der Waals surface area contributed by atoms with Crippen molar-refractivity contribution in [3.63, 3.8) is 0 Å². The zero-order valence-corrected chi connectivity index (χ0v) is 23.3. The Morgan fingerprint density at radius 2 is 1.68 bits per heavy atom. The van der Waals surface area contributed by atoms with E-state index in [9.17, 15) is 4.79 Å². The van der Waals surface area contributed by atoms with Crippen molar-refractivity contribution in [1.29, 1.82) is 0 Å². The topological polar surface area (TPSA) is 66.0 Å². The fourth-order valence-corrected chi connectivity index (χ4v) is 5.09. The molecule has 0 aliphatic carbocycles. The summed E-state index contributed by atoms with van der Waals surface area (Å²) in [5.41, 5.74) is 3.98. The highest BCUT2D eigenvalue weighted by atomic mass is 35.5. The molecular weight excluding hydrogens is 525 g/mol. The fourth-order valence-electron chi connectivity index (χ4n) is 4.56. The van der Waals surface area contributed by atoms with Crippen molar-refractivity contribution in [1.82, 2.24) is 5.32 Å². The van der Waals surface area contributed by atoms with E-state index in [1.807, 2.05) is 80.6 Å². The molecule has 0 bridgehead atoms. The first-order valence-electron chi connectivity index (χ1n) is 12.5. The molecule has 3 aromatic rings. The van der Waals surface area contributed by atoms with Crippen LogP contribution in [0.4, 0.5) is 0 Å². The Bertz CT molecular complexity index is 1180. The highest BCUT2D eigenvalue weighted by Gasteiger charge is 2.41. The predicted molar refractivity (Wildman–Crippen MR) is 149 cm³/mol. The molecule has 3 atom stereocenters. The van der Waals surface area contributed by atoms with Crippen LogP contribution in [0.3, 0.4) is 0 Å². The van der Waals surface area contributed by atoms with E-state index in [-0.39, 0.29) is 18.6 Å². The minimum Gasteiger partial charge on any atom is -0.375 e. The van der Waals surface area contributed by atoms with E-state index in [0.717, 1.165) is 22.3 Å². The number of rotatable bonds is 11. The number of methoxy groups -OCH3 is 1. The second-order valence-electron chi connectivity index (χ2n) is 9.79. The molecule has 1 N–H and O–H groups in total. The van der Waals surface area contributed by atoms with Crippen LogP contribution in [-0.4, -0.2) is 50.3 Å². The van der Waals surface area contributed by atoms with Gasteiger partial charge in [0.15, 0.2) is 5.79 Å². The lowest BCUT2D eigenvalue weighted by Crippen LogP contribution is -2.52. The molecule has 1 aliphatic heterocycles. The smallest absolute Gasteiger partial charge is 0.246 e. The number of halogens is 2. The molecular formula is C30H33Cl2NO5. The van der Waals surface area contributed by atoms with E-state index >= 15 is 0 Å². The molecule has 1 heterocycles. The molecule has 202 valence electrons. The van der Waals surface area contributed by atoms with Crippen molar-refractivity contribution in [3.8, 4) is 11.1 Å². The van der Waals surface area contributed by atoms with Crippen molar-refractivity contribution in [2.75, 3.05) is 20.3 Å². The van der Waals surface area contributed by atoms with E-state index < -0.39 is 17.9 Å². The number of ether oxygens (including phenoxy) is 4. The second kappa shape index (κ2) is 13.1. The molecule has 0 unspecified atom stereocenters. The summed E-state index contributed by atoms with van der Waals surface area (Å²) in [6.07, 6.45) is -0.315. The van der Waals surface area contributed by atoms with Crippen LogP contribution in [-0.2, 0) is 36.8 Å². The summed E-state index contributed by atoms with van der Waals surface area (Å²) < 4.78 is 23.6. The lowest BCUT2D eigenvalue weighted by atomic mass is 9.95. The lowest BCUT2D eigenvalue weighted by molar-refractivity contribution is -0.162. The summed E-state index contributed by atoms with van der Waals surface area (Å²) in [4.78, 5) is 12.7. The van der Waals surface area contributed by atoms with Gasteiger partial charge in [-0.3, -0.25) is 4.79 Å². The lowest BCUT2D eigenvalue weighted by Gasteiger charge is -2.32. The van der Waals surface area contributed by atoms with Gasteiger partial charge in [0, 0.05) is 17.2 Å². The van der Waals surface area contributed by atoms with Gasteiger partial charge in [-0.25, -0.2) is 0 Å². The van der Waals surface area contributed by atoms with Crippen molar-refractivity contribution in [3.05, 3.63) is 94.0 Å². The number of hydrogen-bond donors (Lipinski definition) is 1. The number of carbonyl (C=O) groups is 1. The summed E-state index contributed by atoms with van der Waals surface area (Å²) in [5, 5.41) is 4.27. The first kappa shape index (κ1) is 28.6. The molecule has 6 nitrogen and oxygen atoms in total. The van der Waals surface area contributed by atoms with Crippen LogP contribution in [0.5, 0.6) is 0 Å². The van der Waals surface area contributed by atoms with Gasteiger partial charge in [0.2, 0.25) is 5.91 Å². The standard InChI is InChI=1S/C30H33Cl2NO5/c1-30(2)37-18-27(38-30)29(36-17-21-7-5-4-6-8-21)26(33-28(34)19-35-3)13-20-9-11-22(12-10-20)23-14-24(31)16-25(32)15-23/h4-12,14-16,26-27,29H,13,17-19H2,1-3H3,(H,33,34)/t26-,27+,29-/m1/s1. The van der Waals surface area contributed by atoms with E-state index in [1.54, 1.807) is 6.07 Å². The number of benzene rings is 3. The van der Waals surface area contributed by atoms with Gasteiger partial charge < -0.3 is 24.3 Å². The maximum absolute atomic E-state index is 12.7. The molecule has 1 amide bonds. The van der Waals surface area contributed by atoms with Crippen LogP contribution in [0.15, 0.2) is 72.8 Å². The minimum absolute atomic E-state index is 0.0517. The van der Waals surface area contributed by atoms with Gasteiger partial charge >= 0.3 is 0 Å². The third-order valence-corrected chi connectivity index (χ3v) is 6.74. The van der Waals surface area contributed by atoms with Gasteiger partial charge in [0.1, 0.15) is 18.8 Å². The van der Waals surface area contributed by atoms with Crippen LogP contribution in [0, 0.1) is 0 Å². The summed E-state index contributed by atoms with van der Waals surface area (Å²) in [6, 6.07) is 23.1. The van der Waals surface area contributed by atoms with Gasteiger partial charge in [-0.2, -0.15) is 0 Å². The monoisotopic (exact) mass is 557 g/mol. The van der Waals surface area contributed by atoms with E-state index in [1.165, 1.54) is 7.11 Å². The zero-order chi connectivity index (χ0) is 27.1. The Labute approximate surface area is 234 Å². The fraction of sp³-hybridized carbons (Fsp3) is 0.367. The summed E-state index contributed by atoms with van der Waals surface area (Å²) in [5.74, 6) is -0.964. The highest BCUT2D eigenvalue weighted by Crippen LogP contribution is 2.30. The van der Waals surface area contributed by atoms with E-state index in [2.05, 4.69) is 5.32 Å². The van der Waals surface area contributed by atoms with E-state index in [4.69, 9.17) is 42.1 Å². The number of amides is 1. The average molecular weight is 559 g/mol. The second-order valence-corrected chi connectivity index (χ2v) is 10.7. The van der Waals surface area contributed by atoms with Crippen LogP contribution in [0.25, 0.3) is 11.1 Å². The minimum atomic E-state index is -0.736. The summed E-state index contributed by atoms with van der Waals surface area (Å²) in [7, 11) is 1.50. The molecule has 3 aromatic carbocycles. The largest absolute Gasteiger partial charge is 0.375 e. The molecule has 1 saturated heterocycles. The zero-order valence-electron chi connectivity index (χ0n) is 21.8. The third-order valence-electron chi connectivity index (χ3n) is 6.31. The molecule has 1 fully saturated rings. The first-order chi connectivity index (χ1) is 18.2. The van der Waals surface area contributed by atoms with Gasteiger partial charge in [-0.15, -0.1) is 0 Å². The quantitative estimate of drug-likeness (QED) is 0.310. The highest BCUT2D eigenvalue weighted by molar-refractivity contribution is 6.35. The first-order valence-corrected chi connectivity index (χ1v) is 13.3. The Kier molecular flexibility index (Phi) is 9.82. The molecule has 0 spiro atoms. The Balaban J connectivity index is 1.58. The van der Waals surface area contributed by atoms with Crippen molar-refractivity contribution in [2.24, 2.45) is 0 Å². The molecule has 8 heteroatoms. The van der Waals surface area contributed by atoms with Crippen LogP contribution >= 0.6 is 23.2 Å². The van der Waals surface area contributed by atoms with Gasteiger partial charge in [0.05, 0.1) is 19.3 Å². The third kappa shape index (κ3) is 8.03.